The first-order chi connectivity index (χ1) is 10.3. The van der Waals surface area contributed by atoms with Gasteiger partial charge in [-0.2, -0.15) is 0 Å². The summed E-state index contributed by atoms with van der Waals surface area (Å²) in [6, 6.07) is 10.3. The van der Waals surface area contributed by atoms with Gasteiger partial charge in [0.05, 0.1) is 6.10 Å². The Hall–Kier alpha value is -1.55. The van der Waals surface area contributed by atoms with Gasteiger partial charge in [-0.25, -0.2) is 4.79 Å². The molecule has 1 aliphatic rings. The highest BCUT2D eigenvalue weighted by molar-refractivity contribution is 5.74. The Kier molecular flexibility index (Phi) is 5.12. The minimum Gasteiger partial charge on any atom is -0.393 e. The first-order valence-electron chi connectivity index (χ1n) is 8.08. The molecule has 0 bridgehead atoms. The maximum absolute atomic E-state index is 12.0. The fourth-order valence-corrected chi connectivity index (χ4v) is 3.01. The van der Waals surface area contributed by atoms with Gasteiger partial charge in [-0.1, -0.05) is 44.2 Å². The summed E-state index contributed by atoms with van der Waals surface area (Å²) in [7, 11) is 0. The molecule has 1 aromatic rings. The molecule has 4 heteroatoms. The molecule has 0 spiro atoms. The smallest absolute Gasteiger partial charge is 0.314 e. The van der Waals surface area contributed by atoms with E-state index in [4.69, 9.17) is 0 Å². The van der Waals surface area contributed by atoms with Crippen molar-refractivity contribution >= 4 is 6.03 Å². The van der Waals surface area contributed by atoms with E-state index in [-0.39, 0.29) is 23.0 Å². The van der Waals surface area contributed by atoms with Crippen LogP contribution in [0.25, 0.3) is 0 Å². The van der Waals surface area contributed by atoms with Gasteiger partial charge in [0, 0.05) is 18.5 Å². The number of rotatable bonds is 7. The second kappa shape index (κ2) is 6.69. The maximum atomic E-state index is 12.0. The molecule has 0 saturated heterocycles. The van der Waals surface area contributed by atoms with Crippen molar-refractivity contribution in [2.45, 2.75) is 51.6 Å². The molecule has 1 fully saturated rings. The number of urea groups is 1. The summed E-state index contributed by atoms with van der Waals surface area (Å²) >= 11 is 0. The molecule has 2 amide bonds. The van der Waals surface area contributed by atoms with Crippen molar-refractivity contribution in [2.24, 2.45) is 5.41 Å². The lowest BCUT2D eigenvalue weighted by molar-refractivity contribution is 0.129. The normalized spacial score (nSPS) is 17.6. The summed E-state index contributed by atoms with van der Waals surface area (Å²) in [5, 5.41) is 15.4. The van der Waals surface area contributed by atoms with Crippen molar-refractivity contribution < 1.29 is 9.90 Å². The van der Waals surface area contributed by atoms with Crippen LogP contribution < -0.4 is 10.6 Å². The molecule has 0 heterocycles. The Labute approximate surface area is 133 Å². The lowest BCUT2D eigenvalue weighted by atomic mass is 9.87. The molecule has 22 heavy (non-hydrogen) atoms. The van der Waals surface area contributed by atoms with E-state index in [0.29, 0.717) is 19.5 Å². The van der Waals surface area contributed by atoms with Gasteiger partial charge < -0.3 is 15.7 Å². The maximum Gasteiger partial charge on any atom is 0.314 e. The molecule has 1 aliphatic carbocycles. The summed E-state index contributed by atoms with van der Waals surface area (Å²) in [5.74, 6) is 0. The summed E-state index contributed by atoms with van der Waals surface area (Å²) in [6.07, 6.45) is 2.57. The van der Waals surface area contributed by atoms with Gasteiger partial charge >= 0.3 is 6.03 Å². The predicted molar refractivity (Wildman–Crippen MR) is 88.8 cm³/mol. The molecule has 0 radical (unpaired) electrons. The van der Waals surface area contributed by atoms with Crippen molar-refractivity contribution in [1.29, 1.82) is 0 Å². The Bertz CT molecular complexity index is 493. The molecule has 122 valence electrons. The first kappa shape index (κ1) is 16.8. The average Bonchev–Trinajstić information content (AvgIpc) is 3.24. The van der Waals surface area contributed by atoms with Gasteiger partial charge in [0.2, 0.25) is 0 Å². The van der Waals surface area contributed by atoms with Crippen LogP contribution >= 0.6 is 0 Å². The summed E-state index contributed by atoms with van der Waals surface area (Å²) in [5.41, 5.74) is 1.33. The monoisotopic (exact) mass is 304 g/mol. The largest absolute Gasteiger partial charge is 0.393 e. The molecule has 0 aliphatic heterocycles. The van der Waals surface area contributed by atoms with Crippen LogP contribution in [-0.2, 0) is 5.41 Å². The zero-order valence-corrected chi connectivity index (χ0v) is 13.9. The van der Waals surface area contributed by atoms with E-state index in [2.05, 4.69) is 22.8 Å². The van der Waals surface area contributed by atoms with Gasteiger partial charge in [0.25, 0.3) is 0 Å². The molecule has 0 aromatic heterocycles. The Morgan fingerprint density at radius 3 is 2.45 bits per heavy atom. The highest BCUT2D eigenvalue weighted by atomic mass is 16.3. The minimum atomic E-state index is -0.354. The number of amides is 2. The minimum absolute atomic E-state index is 0.109. The van der Waals surface area contributed by atoms with E-state index in [1.54, 1.807) is 6.92 Å². The van der Waals surface area contributed by atoms with Gasteiger partial charge in [-0.05, 0) is 37.2 Å². The topological polar surface area (TPSA) is 61.4 Å². The van der Waals surface area contributed by atoms with Crippen molar-refractivity contribution in [1.82, 2.24) is 10.6 Å². The van der Waals surface area contributed by atoms with Gasteiger partial charge in [0.1, 0.15) is 0 Å². The standard InChI is InChI=1S/C18H28N2O2/c1-14(21)11-17(2,3)12-19-16(22)20-13-18(9-10-18)15-7-5-4-6-8-15/h4-8,14,21H,9-13H2,1-3H3,(H2,19,20,22). The fourth-order valence-electron chi connectivity index (χ4n) is 3.01. The van der Waals surface area contributed by atoms with E-state index >= 15 is 0 Å². The molecule has 2 rings (SSSR count). The summed E-state index contributed by atoms with van der Waals surface area (Å²) in [4.78, 5) is 12.0. The second-order valence-electron chi connectivity index (χ2n) is 7.40. The second-order valence-corrected chi connectivity index (χ2v) is 7.40. The predicted octanol–water partition coefficient (Wildman–Crippen LogP) is 2.81. The zero-order chi connectivity index (χ0) is 16.2. The Morgan fingerprint density at radius 2 is 1.91 bits per heavy atom. The van der Waals surface area contributed by atoms with Crippen LogP contribution in [0.3, 0.4) is 0 Å². The summed E-state index contributed by atoms with van der Waals surface area (Å²) < 4.78 is 0. The van der Waals surface area contributed by atoms with Gasteiger partial charge in [-0.3, -0.25) is 0 Å². The number of benzene rings is 1. The van der Waals surface area contributed by atoms with E-state index in [1.165, 1.54) is 5.56 Å². The van der Waals surface area contributed by atoms with Crippen LogP contribution in [-0.4, -0.2) is 30.3 Å². The molecule has 3 N–H and O–H groups in total. The van der Waals surface area contributed by atoms with Crippen molar-refractivity contribution in [2.75, 3.05) is 13.1 Å². The van der Waals surface area contributed by atoms with E-state index in [0.717, 1.165) is 12.8 Å². The molecule has 1 unspecified atom stereocenters. The molecular formula is C18H28N2O2. The van der Waals surface area contributed by atoms with Crippen LogP contribution in [0.15, 0.2) is 30.3 Å². The Morgan fingerprint density at radius 1 is 1.27 bits per heavy atom. The van der Waals surface area contributed by atoms with Crippen molar-refractivity contribution in [3.8, 4) is 0 Å². The van der Waals surface area contributed by atoms with E-state index in [9.17, 15) is 9.90 Å². The molecule has 4 nitrogen and oxygen atoms in total. The van der Waals surface area contributed by atoms with Crippen molar-refractivity contribution in [3.63, 3.8) is 0 Å². The number of hydrogen-bond acceptors (Lipinski definition) is 2. The average molecular weight is 304 g/mol. The third-order valence-electron chi connectivity index (χ3n) is 4.40. The third-order valence-corrected chi connectivity index (χ3v) is 4.40. The van der Waals surface area contributed by atoms with Gasteiger partial charge in [-0.15, -0.1) is 0 Å². The lowest BCUT2D eigenvalue weighted by Crippen LogP contribution is -2.43. The quantitative estimate of drug-likeness (QED) is 0.725. The number of hydrogen-bond donors (Lipinski definition) is 3. The SMILES string of the molecule is CC(O)CC(C)(C)CNC(=O)NCC1(c2ccccc2)CC1. The van der Waals surface area contributed by atoms with Crippen LogP contribution in [0.4, 0.5) is 4.79 Å². The highest BCUT2D eigenvalue weighted by Gasteiger charge is 2.44. The number of nitrogens with one attached hydrogen (secondary N) is 2. The molecule has 1 atom stereocenters. The Balaban J connectivity index is 1.77. The third kappa shape index (κ3) is 4.73. The van der Waals surface area contributed by atoms with Crippen LogP contribution in [0.2, 0.25) is 0 Å². The molecule has 1 aromatic carbocycles. The highest BCUT2D eigenvalue weighted by Crippen LogP contribution is 2.47. The summed E-state index contributed by atoms with van der Waals surface area (Å²) in [6.45, 7) is 7.11. The lowest BCUT2D eigenvalue weighted by Gasteiger charge is -2.26. The van der Waals surface area contributed by atoms with E-state index < -0.39 is 0 Å². The number of carbonyl (C=O) groups excluding carboxylic acids is 1. The van der Waals surface area contributed by atoms with Gasteiger partial charge in [0.15, 0.2) is 0 Å². The van der Waals surface area contributed by atoms with Crippen LogP contribution in [0.1, 0.15) is 45.6 Å². The van der Waals surface area contributed by atoms with Crippen molar-refractivity contribution in [3.05, 3.63) is 35.9 Å². The molecule has 1 saturated carbocycles. The van der Waals surface area contributed by atoms with Crippen LogP contribution in [0.5, 0.6) is 0 Å². The van der Waals surface area contributed by atoms with E-state index in [1.807, 2.05) is 32.0 Å². The number of carbonyl (C=O) groups is 1. The number of aliphatic hydroxyl groups is 1. The first-order valence-corrected chi connectivity index (χ1v) is 8.08. The van der Waals surface area contributed by atoms with Crippen LogP contribution in [0, 0.1) is 5.41 Å². The fraction of sp³-hybridized carbons (Fsp3) is 0.611. The number of aliphatic hydroxyl groups excluding tert-OH is 1. The zero-order valence-electron chi connectivity index (χ0n) is 13.9. The molecular weight excluding hydrogens is 276 g/mol.